The number of hydrogen-bond acceptors (Lipinski definition) is 4. The molecule has 5 heteroatoms. The number of amides is 1. The monoisotopic (exact) mass is 252 g/mol. The van der Waals surface area contributed by atoms with Gasteiger partial charge in [-0.2, -0.15) is 5.06 Å². The van der Waals surface area contributed by atoms with Crippen LogP contribution >= 0.6 is 0 Å². The summed E-state index contributed by atoms with van der Waals surface area (Å²) >= 11 is 0. The number of rotatable bonds is 3. The topological polar surface area (TPSA) is 61.8 Å². The smallest absolute Gasteiger partial charge is 0.412 e. The zero-order valence-electron chi connectivity index (χ0n) is 11.2. The average molecular weight is 252 g/mol. The number of carbonyl (C=O) groups is 1. The number of para-hydroxylation sites is 1. The van der Waals surface area contributed by atoms with Crippen molar-refractivity contribution in [1.82, 2.24) is 5.06 Å². The highest BCUT2D eigenvalue weighted by molar-refractivity contribution is 5.85. The molecule has 0 bridgehead atoms. The molecule has 1 rings (SSSR count). The molecular formula is C13H20N2O3. The predicted molar refractivity (Wildman–Crippen MR) is 69.6 cm³/mol. The third-order valence-electron chi connectivity index (χ3n) is 2.05. The Kier molecular flexibility index (Phi) is 4.69. The van der Waals surface area contributed by atoms with Crippen LogP contribution in [0.5, 0.6) is 0 Å². The quantitative estimate of drug-likeness (QED) is 0.812. The molecule has 0 atom stereocenters. The number of carbonyl (C=O) groups excluding carboxylic acids is 1. The zero-order valence-corrected chi connectivity index (χ0v) is 11.2. The van der Waals surface area contributed by atoms with Gasteiger partial charge in [0.1, 0.15) is 5.60 Å². The maximum absolute atomic E-state index is 11.7. The fourth-order valence-electron chi connectivity index (χ4n) is 1.44. The van der Waals surface area contributed by atoms with Crippen LogP contribution in [0.25, 0.3) is 0 Å². The molecule has 0 radical (unpaired) electrons. The molecule has 0 saturated heterocycles. The molecule has 18 heavy (non-hydrogen) atoms. The lowest BCUT2D eigenvalue weighted by molar-refractivity contribution is -0.0730. The molecule has 0 aliphatic heterocycles. The molecule has 0 aliphatic carbocycles. The van der Waals surface area contributed by atoms with Gasteiger partial charge in [-0.3, -0.25) is 5.32 Å². The number of benzene rings is 1. The van der Waals surface area contributed by atoms with Crippen molar-refractivity contribution in [3.05, 3.63) is 29.8 Å². The number of hydroxylamine groups is 2. The fraction of sp³-hybridized carbons (Fsp3) is 0.462. The second-order valence-corrected chi connectivity index (χ2v) is 5.10. The highest BCUT2D eigenvalue weighted by Gasteiger charge is 2.17. The lowest BCUT2D eigenvalue weighted by atomic mass is 10.1. The summed E-state index contributed by atoms with van der Waals surface area (Å²) in [6.07, 6.45) is -0.504. The summed E-state index contributed by atoms with van der Waals surface area (Å²) in [6, 6.07) is 7.26. The Morgan fingerprint density at radius 3 is 2.56 bits per heavy atom. The Bertz CT molecular complexity index is 411. The molecule has 0 heterocycles. The van der Waals surface area contributed by atoms with Gasteiger partial charge in [0.05, 0.1) is 6.54 Å². The van der Waals surface area contributed by atoms with Crippen LogP contribution in [0.4, 0.5) is 10.5 Å². The molecule has 0 unspecified atom stereocenters. The summed E-state index contributed by atoms with van der Waals surface area (Å²) in [4.78, 5) is 11.7. The molecule has 1 aromatic carbocycles. The standard InChI is InChI=1S/C13H20N2O3/c1-13(2,3)18-12(16)14-11-8-6-5-7-10(11)9-15(4)17/h5-8,17H,9H2,1-4H3,(H,14,16). The van der Waals surface area contributed by atoms with Crippen molar-refractivity contribution in [2.75, 3.05) is 12.4 Å². The van der Waals surface area contributed by atoms with Gasteiger partial charge < -0.3 is 9.94 Å². The maximum Gasteiger partial charge on any atom is 0.412 e. The van der Waals surface area contributed by atoms with Crippen molar-refractivity contribution >= 4 is 11.8 Å². The first-order chi connectivity index (χ1) is 8.28. The first-order valence-electron chi connectivity index (χ1n) is 5.76. The molecule has 1 aromatic rings. The molecule has 100 valence electrons. The van der Waals surface area contributed by atoms with E-state index in [1.807, 2.05) is 18.2 Å². The van der Waals surface area contributed by atoms with Crippen LogP contribution in [0.3, 0.4) is 0 Å². The second kappa shape index (κ2) is 5.84. The van der Waals surface area contributed by atoms with Gasteiger partial charge in [0, 0.05) is 12.7 Å². The second-order valence-electron chi connectivity index (χ2n) is 5.10. The normalized spacial score (nSPS) is 11.4. The van der Waals surface area contributed by atoms with Crippen LogP contribution in [0.2, 0.25) is 0 Å². The molecule has 5 nitrogen and oxygen atoms in total. The number of hydrogen-bond donors (Lipinski definition) is 2. The van der Waals surface area contributed by atoms with Crippen molar-refractivity contribution in [2.45, 2.75) is 32.9 Å². The molecule has 0 saturated carbocycles. The van der Waals surface area contributed by atoms with E-state index in [2.05, 4.69) is 5.32 Å². The Labute approximate surface area is 107 Å². The van der Waals surface area contributed by atoms with E-state index in [1.165, 1.54) is 0 Å². The Hall–Kier alpha value is -1.59. The predicted octanol–water partition coefficient (Wildman–Crippen LogP) is 2.85. The molecule has 1 amide bonds. The van der Waals surface area contributed by atoms with E-state index in [0.29, 0.717) is 12.2 Å². The first kappa shape index (κ1) is 14.5. The summed E-state index contributed by atoms with van der Waals surface area (Å²) in [5, 5.41) is 13.0. The lowest BCUT2D eigenvalue weighted by Crippen LogP contribution is -2.27. The Morgan fingerprint density at radius 2 is 2.00 bits per heavy atom. The fourth-order valence-corrected chi connectivity index (χ4v) is 1.44. The van der Waals surface area contributed by atoms with Crippen molar-refractivity contribution in [2.24, 2.45) is 0 Å². The van der Waals surface area contributed by atoms with Gasteiger partial charge in [-0.1, -0.05) is 18.2 Å². The van der Waals surface area contributed by atoms with Crippen LogP contribution in [0.15, 0.2) is 24.3 Å². The van der Waals surface area contributed by atoms with Crippen LogP contribution in [-0.2, 0) is 11.3 Å². The summed E-state index contributed by atoms with van der Waals surface area (Å²) < 4.78 is 5.18. The summed E-state index contributed by atoms with van der Waals surface area (Å²) in [6.45, 7) is 5.74. The molecule has 0 aliphatic rings. The zero-order chi connectivity index (χ0) is 13.8. The SMILES string of the molecule is CN(O)Cc1ccccc1NC(=O)OC(C)(C)C. The van der Waals surface area contributed by atoms with Crippen LogP contribution in [-0.4, -0.2) is 29.0 Å². The highest BCUT2D eigenvalue weighted by atomic mass is 16.6. The molecular weight excluding hydrogens is 232 g/mol. The van der Waals surface area contributed by atoms with E-state index in [1.54, 1.807) is 33.9 Å². The minimum Gasteiger partial charge on any atom is -0.444 e. The maximum atomic E-state index is 11.7. The minimum atomic E-state index is -0.535. The van der Waals surface area contributed by atoms with Crippen LogP contribution in [0, 0.1) is 0 Å². The molecule has 2 N–H and O–H groups in total. The highest BCUT2D eigenvalue weighted by Crippen LogP contribution is 2.17. The average Bonchev–Trinajstić information content (AvgIpc) is 2.17. The minimum absolute atomic E-state index is 0.325. The van der Waals surface area contributed by atoms with Crippen LogP contribution in [0.1, 0.15) is 26.3 Å². The van der Waals surface area contributed by atoms with E-state index >= 15 is 0 Å². The molecule has 0 aromatic heterocycles. The number of ether oxygens (including phenoxy) is 1. The number of nitrogens with one attached hydrogen (secondary N) is 1. The Balaban J connectivity index is 2.75. The molecule has 0 spiro atoms. The van der Waals surface area contributed by atoms with Crippen molar-refractivity contribution in [1.29, 1.82) is 0 Å². The van der Waals surface area contributed by atoms with Crippen molar-refractivity contribution in [3.8, 4) is 0 Å². The van der Waals surface area contributed by atoms with Crippen molar-refractivity contribution < 1.29 is 14.7 Å². The van der Waals surface area contributed by atoms with Gasteiger partial charge in [0.2, 0.25) is 0 Å². The van der Waals surface area contributed by atoms with E-state index in [-0.39, 0.29) is 0 Å². The third kappa shape index (κ3) is 5.16. The summed E-state index contributed by atoms with van der Waals surface area (Å²) in [5.74, 6) is 0. The summed E-state index contributed by atoms with van der Waals surface area (Å²) in [5.41, 5.74) is 0.910. The summed E-state index contributed by atoms with van der Waals surface area (Å²) in [7, 11) is 1.55. The van der Waals surface area contributed by atoms with Gasteiger partial charge >= 0.3 is 6.09 Å². The largest absolute Gasteiger partial charge is 0.444 e. The van der Waals surface area contributed by atoms with Gasteiger partial charge in [0.25, 0.3) is 0 Å². The molecule has 0 fully saturated rings. The number of nitrogens with zero attached hydrogens (tertiary/aromatic N) is 1. The van der Waals surface area contributed by atoms with Gasteiger partial charge in [-0.25, -0.2) is 4.79 Å². The van der Waals surface area contributed by atoms with E-state index in [0.717, 1.165) is 10.6 Å². The van der Waals surface area contributed by atoms with Gasteiger partial charge in [-0.05, 0) is 32.4 Å². The van der Waals surface area contributed by atoms with E-state index in [4.69, 9.17) is 4.74 Å². The van der Waals surface area contributed by atoms with Crippen molar-refractivity contribution in [3.63, 3.8) is 0 Å². The lowest BCUT2D eigenvalue weighted by Gasteiger charge is -2.20. The van der Waals surface area contributed by atoms with Gasteiger partial charge in [-0.15, -0.1) is 0 Å². The number of anilines is 1. The third-order valence-corrected chi connectivity index (χ3v) is 2.05. The van der Waals surface area contributed by atoms with E-state index in [9.17, 15) is 10.0 Å². The van der Waals surface area contributed by atoms with E-state index < -0.39 is 11.7 Å². The van der Waals surface area contributed by atoms with Crippen LogP contribution < -0.4 is 5.32 Å². The Morgan fingerprint density at radius 1 is 1.39 bits per heavy atom. The first-order valence-corrected chi connectivity index (χ1v) is 5.76. The van der Waals surface area contributed by atoms with Gasteiger partial charge in [0.15, 0.2) is 0 Å².